The van der Waals surface area contributed by atoms with Gasteiger partial charge in [-0.15, -0.1) is 0 Å². The zero-order chi connectivity index (χ0) is 22.3. The van der Waals surface area contributed by atoms with Crippen LogP contribution in [-0.4, -0.2) is 47.7 Å². The van der Waals surface area contributed by atoms with Crippen molar-refractivity contribution in [2.24, 2.45) is 5.92 Å². The van der Waals surface area contributed by atoms with Crippen LogP contribution < -0.4 is 0 Å². The molecule has 0 bridgehead atoms. The van der Waals surface area contributed by atoms with Crippen molar-refractivity contribution in [1.29, 1.82) is 0 Å². The van der Waals surface area contributed by atoms with Crippen LogP contribution in [0.15, 0.2) is 30.3 Å². The van der Waals surface area contributed by atoms with Crippen LogP contribution in [0.1, 0.15) is 58.9 Å². The lowest BCUT2D eigenvalue weighted by Gasteiger charge is -2.30. The van der Waals surface area contributed by atoms with Crippen molar-refractivity contribution < 1.29 is 28.6 Å². The van der Waals surface area contributed by atoms with Gasteiger partial charge in [0.2, 0.25) is 0 Å². The maximum absolute atomic E-state index is 12.8. The Labute approximate surface area is 178 Å². The number of carbonyl (C=O) groups is 3. The lowest BCUT2D eigenvalue weighted by atomic mass is 10.1. The molecule has 2 rings (SSSR count). The predicted molar refractivity (Wildman–Crippen MR) is 112 cm³/mol. The second-order valence-electron chi connectivity index (χ2n) is 8.80. The summed E-state index contributed by atoms with van der Waals surface area (Å²) in [7, 11) is 1.52. The van der Waals surface area contributed by atoms with Gasteiger partial charge in [0, 0.05) is 7.05 Å². The number of hydrogen-bond donors (Lipinski definition) is 0. The number of carbonyl (C=O) groups excluding carboxylic acids is 3. The Morgan fingerprint density at radius 3 is 2.30 bits per heavy atom. The average molecular weight is 420 g/mol. The van der Waals surface area contributed by atoms with Gasteiger partial charge in [0.1, 0.15) is 18.2 Å². The number of esters is 2. The summed E-state index contributed by atoms with van der Waals surface area (Å²) >= 11 is 0. The van der Waals surface area contributed by atoms with E-state index in [1.54, 1.807) is 20.8 Å². The zero-order valence-electron chi connectivity index (χ0n) is 18.6. The second-order valence-corrected chi connectivity index (χ2v) is 8.80. The molecule has 0 N–H and O–H groups in total. The van der Waals surface area contributed by atoms with E-state index in [-0.39, 0.29) is 6.61 Å². The maximum atomic E-state index is 12.8. The molecule has 0 aliphatic heterocycles. The number of hydrogen-bond acceptors (Lipinski definition) is 6. The Kier molecular flexibility index (Phi) is 8.26. The highest BCUT2D eigenvalue weighted by Crippen LogP contribution is 2.34. The first-order valence-corrected chi connectivity index (χ1v) is 10.4. The molecule has 0 heterocycles. The fourth-order valence-electron chi connectivity index (χ4n) is 2.88. The molecule has 0 radical (unpaired) electrons. The summed E-state index contributed by atoms with van der Waals surface area (Å²) in [5.41, 5.74) is 0.168. The number of nitrogens with zero attached hydrogens (tertiary/aromatic N) is 1. The minimum absolute atomic E-state index is 0.102. The molecule has 1 aromatic carbocycles. The molecule has 1 aromatic rings. The topological polar surface area (TPSA) is 82.1 Å². The summed E-state index contributed by atoms with van der Waals surface area (Å²) in [6.45, 7) is 6.87. The third kappa shape index (κ3) is 8.05. The highest BCUT2D eigenvalue weighted by Gasteiger charge is 2.35. The average Bonchev–Trinajstić information content (AvgIpc) is 3.49. The summed E-state index contributed by atoms with van der Waals surface area (Å²) < 4.78 is 16.0. The summed E-state index contributed by atoms with van der Waals surface area (Å²) in [6, 6.07) is 8.44. The number of amides is 1. The summed E-state index contributed by atoms with van der Waals surface area (Å²) in [5, 5.41) is 0. The van der Waals surface area contributed by atoms with E-state index in [0.717, 1.165) is 24.8 Å². The first kappa shape index (κ1) is 23.7. The molecule has 7 nitrogen and oxygen atoms in total. The van der Waals surface area contributed by atoms with Crippen LogP contribution in [0.3, 0.4) is 0 Å². The van der Waals surface area contributed by atoms with Crippen molar-refractivity contribution in [2.45, 2.75) is 77.7 Å². The summed E-state index contributed by atoms with van der Waals surface area (Å²) in [4.78, 5) is 38.7. The van der Waals surface area contributed by atoms with Gasteiger partial charge in [0.25, 0.3) is 0 Å². The van der Waals surface area contributed by atoms with E-state index in [2.05, 4.69) is 0 Å². The van der Waals surface area contributed by atoms with Gasteiger partial charge in [-0.2, -0.15) is 0 Å². The van der Waals surface area contributed by atoms with Gasteiger partial charge in [0.15, 0.2) is 6.10 Å². The Bertz CT molecular complexity index is 723. The predicted octanol–water partition coefficient (Wildman–Crippen LogP) is 4.09. The molecule has 166 valence electrons. The minimum atomic E-state index is -1.07. The van der Waals surface area contributed by atoms with E-state index in [1.165, 1.54) is 18.9 Å². The van der Waals surface area contributed by atoms with E-state index >= 15 is 0 Å². The summed E-state index contributed by atoms with van der Waals surface area (Å²) in [5.74, 6) is -0.679. The Balaban J connectivity index is 1.94. The quantitative estimate of drug-likeness (QED) is 0.443. The second kappa shape index (κ2) is 10.5. The Hall–Kier alpha value is -2.57. The molecule has 1 aliphatic carbocycles. The molecule has 1 amide bonds. The van der Waals surface area contributed by atoms with Crippen molar-refractivity contribution in [1.82, 2.24) is 4.90 Å². The van der Waals surface area contributed by atoms with E-state index in [4.69, 9.17) is 14.2 Å². The third-order valence-corrected chi connectivity index (χ3v) is 4.82. The van der Waals surface area contributed by atoms with Gasteiger partial charge < -0.3 is 14.2 Å². The number of ether oxygens (including phenoxy) is 3. The molecule has 1 fully saturated rings. The number of rotatable bonds is 9. The highest BCUT2D eigenvalue weighted by molar-refractivity contribution is 5.84. The smallest absolute Gasteiger partial charge is 0.410 e. The molecule has 0 unspecified atom stereocenters. The van der Waals surface area contributed by atoms with E-state index in [1.807, 2.05) is 30.3 Å². The van der Waals surface area contributed by atoms with Crippen LogP contribution in [0.4, 0.5) is 4.79 Å². The van der Waals surface area contributed by atoms with Crippen molar-refractivity contribution in [2.75, 3.05) is 7.05 Å². The molecule has 0 saturated heterocycles. The first-order valence-electron chi connectivity index (χ1n) is 10.4. The maximum Gasteiger partial charge on any atom is 0.410 e. The van der Waals surface area contributed by atoms with Gasteiger partial charge in [-0.05, 0) is 52.0 Å². The van der Waals surface area contributed by atoms with E-state index in [0.29, 0.717) is 12.3 Å². The fraction of sp³-hybridized carbons (Fsp3) is 0.609. The molecule has 2 atom stereocenters. The fourth-order valence-corrected chi connectivity index (χ4v) is 2.88. The first-order chi connectivity index (χ1) is 14.1. The number of likely N-dealkylation sites (N-methyl/N-ethyl adjacent to an activating group) is 1. The third-order valence-electron chi connectivity index (χ3n) is 4.82. The minimum Gasteiger partial charge on any atom is -0.458 e. The van der Waals surface area contributed by atoms with Crippen molar-refractivity contribution in [3.8, 4) is 0 Å². The van der Waals surface area contributed by atoms with Crippen LogP contribution in [0, 0.1) is 5.92 Å². The molecule has 1 saturated carbocycles. The van der Waals surface area contributed by atoms with Gasteiger partial charge in [-0.1, -0.05) is 43.2 Å². The molecular weight excluding hydrogens is 386 g/mol. The van der Waals surface area contributed by atoms with Gasteiger partial charge in [-0.25, -0.2) is 14.4 Å². The van der Waals surface area contributed by atoms with Crippen LogP contribution >= 0.6 is 0 Å². The molecule has 1 aliphatic rings. The lowest BCUT2D eigenvalue weighted by molar-refractivity contribution is -0.170. The SMILES string of the molecule is C[C@@H](OC(=O)[C@H](CCC1CC1)N(C)C(=O)OC(C)(C)C)C(=O)OCc1ccccc1. The van der Waals surface area contributed by atoms with Gasteiger partial charge >= 0.3 is 18.0 Å². The van der Waals surface area contributed by atoms with Crippen LogP contribution in [0.25, 0.3) is 0 Å². The molecule has 0 aromatic heterocycles. The standard InChI is InChI=1S/C23H33NO6/c1-16(20(25)28-15-18-9-7-6-8-10-18)29-21(26)19(14-13-17-11-12-17)24(5)22(27)30-23(2,3)4/h6-10,16-17,19H,11-15H2,1-5H3/t16-,19+/m1/s1. The normalized spacial score (nSPS) is 15.6. The van der Waals surface area contributed by atoms with Crippen LogP contribution in [-0.2, 0) is 30.4 Å². The van der Waals surface area contributed by atoms with Crippen LogP contribution in [0.5, 0.6) is 0 Å². The summed E-state index contributed by atoms with van der Waals surface area (Å²) in [6.07, 6.45) is 1.89. The molecule has 0 spiro atoms. The van der Waals surface area contributed by atoms with Crippen molar-refractivity contribution in [3.63, 3.8) is 0 Å². The van der Waals surface area contributed by atoms with Crippen molar-refractivity contribution >= 4 is 18.0 Å². The van der Waals surface area contributed by atoms with Gasteiger partial charge in [0.05, 0.1) is 0 Å². The van der Waals surface area contributed by atoms with Gasteiger partial charge in [-0.3, -0.25) is 4.90 Å². The van der Waals surface area contributed by atoms with E-state index in [9.17, 15) is 14.4 Å². The Morgan fingerprint density at radius 2 is 1.73 bits per heavy atom. The highest BCUT2D eigenvalue weighted by atomic mass is 16.6. The lowest BCUT2D eigenvalue weighted by Crippen LogP contribution is -2.46. The number of benzene rings is 1. The van der Waals surface area contributed by atoms with Crippen LogP contribution in [0.2, 0.25) is 0 Å². The Morgan fingerprint density at radius 1 is 1.10 bits per heavy atom. The largest absolute Gasteiger partial charge is 0.458 e. The monoisotopic (exact) mass is 419 g/mol. The molecule has 7 heteroatoms. The van der Waals surface area contributed by atoms with Crippen molar-refractivity contribution in [3.05, 3.63) is 35.9 Å². The van der Waals surface area contributed by atoms with E-state index < -0.39 is 35.8 Å². The molecular formula is C23H33NO6. The zero-order valence-corrected chi connectivity index (χ0v) is 18.6. The molecule has 30 heavy (non-hydrogen) atoms.